The number of para-hydroxylation sites is 2. The molecule has 1 aromatic heterocycles. The molecule has 0 spiro atoms. The summed E-state index contributed by atoms with van der Waals surface area (Å²) in [4.78, 5) is 32.5. The zero-order chi connectivity index (χ0) is 18.4. The molecule has 0 aliphatic rings. The van der Waals surface area contributed by atoms with E-state index in [9.17, 15) is 9.59 Å². The van der Waals surface area contributed by atoms with Crippen molar-refractivity contribution in [2.45, 2.75) is 19.4 Å². The number of methoxy groups -OCH3 is 1. The number of carbonyl (C=O) groups excluding carboxylic acids is 2. The van der Waals surface area contributed by atoms with Crippen molar-refractivity contribution in [3.8, 4) is 17.4 Å². The smallest absolute Gasteiger partial charge is 0.323 e. The second-order valence-electron chi connectivity index (χ2n) is 5.80. The molecule has 2 amide bonds. The fourth-order valence-corrected chi connectivity index (χ4v) is 1.88. The van der Waals surface area contributed by atoms with E-state index in [4.69, 9.17) is 9.47 Å². The third-order valence-electron chi connectivity index (χ3n) is 3.28. The fourth-order valence-electron chi connectivity index (χ4n) is 1.88. The number of hydrogen-bond donors (Lipinski definition) is 1. The van der Waals surface area contributed by atoms with Crippen molar-refractivity contribution in [3.05, 3.63) is 36.7 Å². The van der Waals surface area contributed by atoms with E-state index >= 15 is 0 Å². The van der Waals surface area contributed by atoms with E-state index in [1.807, 2.05) is 6.07 Å². The Morgan fingerprint density at radius 1 is 1.24 bits per heavy atom. The number of urea groups is 1. The van der Waals surface area contributed by atoms with Crippen LogP contribution in [0.15, 0.2) is 36.7 Å². The number of nitrogens with zero attached hydrogens (tertiary/aromatic N) is 3. The highest BCUT2D eigenvalue weighted by atomic mass is 16.5. The summed E-state index contributed by atoms with van der Waals surface area (Å²) < 4.78 is 10.9. The molecule has 1 heterocycles. The average Bonchev–Trinajstić information content (AvgIpc) is 2.61. The first-order valence-electron chi connectivity index (χ1n) is 7.51. The van der Waals surface area contributed by atoms with Gasteiger partial charge in [-0.1, -0.05) is 12.1 Å². The van der Waals surface area contributed by atoms with Gasteiger partial charge in [0.1, 0.15) is 18.4 Å². The van der Waals surface area contributed by atoms with Gasteiger partial charge in [0.05, 0.1) is 12.6 Å². The standard InChI is InChI=1S/C17H20N4O4/c1-17(2,10-22)20-16(23)21(3)14-9-15(19-11-18-14)25-13-8-6-5-7-12(13)24-4/h5-11H,1-4H3,(H,20,23). The van der Waals surface area contributed by atoms with Crippen molar-refractivity contribution in [2.24, 2.45) is 0 Å². The zero-order valence-electron chi connectivity index (χ0n) is 14.5. The minimum absolute atomic E-state index is 0.254. The average molecular weight is 344 g/mol. The third kappa shape index (κ3) is 4.66. The molecule has 0 atom stereocenters. The van der Waals surface area contributed by atoms with Crippen LogP contribution in [0.2, 0.25) is 0 Å². The van der Waals surface area contributed by atoms with Crippen molar-refractivity contribution >= 4 is 18.1 Å². The highest BCUT2D eigenvalue weighted by molar-refractivity contribution is 5.92. The van der Waals surface area contributed by atoms with Crippen LogP contribution in [0.1, 0.15) is 13.8 Å². The van der Waals surface area contributed by atoms with Gasteiger partial charge in [-0.15, -0.1) is 0 Å². The van der Waals surface area contributed by atoms with Crippen molar-refractivity contribution in [3.63, 3.8) is 0 Å². The number of nitrogens with one attached hydrogen (secondary N) is 1. The maximum absolute atomic E-state index is 12.2. The molecule has 0 fully saturated rings. The van der Waals surface area contributed by atoms with Gasteiger partial charge in [-0.3, -0.25) is 4.90 Å². The zero-order valence-corrected chi connectivity index (χ0v) is 14.5. The summed E-state index contributed by atoms with van der Waals surface area (Å²) in [5.41, 5.74) is -0.977. The van der Waals surface area contributed by atoms with E-state index in [1.54, 1.807) is 39.2 Å². The van der Waals surface area contributed by atoms with E-state index in [2.05, 4.69) is 15.3 Å². The number of aldehydes is 1. The molecule has 0 saturated heterocycles. The monoisotopic (exact) mass is 344 g/mol. The Balaban J connectivity index is 2.18. The Labute approximate surface area is 145 Å². The first kappa shape index (κ1) is 18.2. The SMILES string of the molecule is COc1ccccc1Oc1cc(N(C)C(=O)NC(C)(C)C=O)ncn1. The Morgan fingerprint density at radius 3 is 2.56 bits per heavy atom. The lowest BCUT2D eigenvalue weighted by atomic mass is 10.1. The summed E-state index contributed by atoms with van der Waals surface area (Å²) in [5.74, 6) is 1.62. The Bertz CT molecular complexity index is 764. The van der Waals surface area contributed by atoms with Crippen LogP contribution in [-0.4, -0.2) is 42.0 Å². The van der Waals surface area contributed by atoms with Crippen LogP contribution in [0.4, 0.5) is 10.6 Å². The highest BCUT2D eigenvalue weighted by Crippen LogP contribution is 2.30. The molecular weight excluding hydrogens is 324 g/mol. The van der Waals surface area contributed by atoms with Crippen LogP contribution in [0.3, 0.4) is 0 Å². The van der Waals surface area contributed by atoms with E-state index in [0.717, 1.165) is 0 Å². The number of rotatable bonds is 6. The van der Waals surface area contributed by atoms with Gasteiger partial charge in [-0.05, 0) is 26.0 Å². The molecular formula is C17H20N4O4. The first-order chi connectivity index (χ1) is 11.9. The van der Waals surface area contributed by atoms with Crippen LogP contribution in [0.25, 0.3) is 0 Å². The molecule has 0 aliphatic carbocycles. The van der Waals surface area contributed by atoms with E-state index in [0.29, 0.717) is 23.6 Å². The van der Waals surface area contributed by atoms with E-state index in [-0.39, 0.29) is 5.88 Å². The predicted molar refractivity (Wildman–Crippen MR) is 92.2 cm³/mol. The molecule has 2 rings (SSSR count). The lowest BCUT2D eigenvalue weighted by Crippen LogP contribution is -2.50. The maximum Gasteiger partial charge on any atom is 0.323 e. The van der Waals surface area contributed by atoms with Crippen molar-refractivity contribution in [1.29, 1.82) is 0 Å². The minimum atomic E-state index is -0.977. The number of ether oxygens (including phenoxy) is 2. The van der Waals surface area contributed by atoms with Gasteiger partial charge < -0.3 is 19.6 Å². The number of carbonyl (C=O) groups is 2. The predicted octanol–water partition coefficient (Wildman–Crippen LogP) is 2.40. The Hall–Kier alpha value is -3.16. The van der Waals surface area contributed by atoms with Crippen molar-refractivity contribution in [2.75, 3.05) is 19.1 Å². The van der Waals surface area contributed by atoms with Gasteiger partial charge in [0, 0.05) is 13.1 Å². The number of aromatic nitrogens is 2. The third-order valence-corrected chi connectivity index (χ3v) is 3.28. The Morgan fingerprint density at radius 2 is 1.92 bits per heavy atom. The summed E-state index contributed by atoms with van der Waals surface area (Å²) in [5, 5.41) is 2.59. The fraction of sp³-hybridized carbons (Fsp3) is 0.294. The van der Waals surface area contributed by atoms with E-state index in [1.165, 1.54) is 24.3 Å². The molecule has 8 nitrogen and oxygen atoms in total. The van der Waals surface area contributed by atoms with Gasteiger partial charge >= 0.3 is 6.03 Å². The maximum atomic E-state index is 12.2. The first-order valence-corrected chi connectivity index (χ1v) is 7.51. The number of hydrogen-bond acceptors (Lipinski definition) is 6. The molecule has 0 bridgehead atoms. The summed E-state index contributed by atoms with van der Waals surface area (Å²) >= 11 is 0. The second kappa shape index (κ2) is 7.61. The largest absolute Gasteiger partial charge is 0.493 e. The van der Waals surface area contributed by atoms with E-state index < -0.39 is 11.6 Å². The summed E-state index contributed by atoms with van der Waals surface area (Å²) in [6, 6.07) is 8.17. The van der Waals surface area contributed by atoms with Gasteiger partial charge in [0.15, 0.2) is 11.5 Å². The van der Waals surface area contributed by atoms with Gasteiger partial charge in [-0.25, -0.2) is 14.8 Å². The van der Waals surface area contributed by atoms with Crippen LogP contribution in [0, 0.1) is 0 Å². The van der Waals surface area contributed by atoms with Crippen molar-refractivity contribution in [1.82, 2.24) is 15.3 Å². The molecule has 0 unspecified atom stereocenters. The topological polar surface area (TPSA) is 93.7 Å². The van der Waals surface area contributed by atoms with Crippen LogP contribution < -0.4 is 19.7 Å². The molecule has 25 heavy (non-hydrogen) atoms. The van der Waals surface area contributed by atoms with Crippen LogP contribution in [0.5, 0.6) is 17.4 Å². The molecule has 0 saturated carbocycles. The molecule has 1 N–H and O–H groups in total. The van der Waals surface area contributed by atoms with Gasteiger partial charge in [0.2, 0.25) is 5.88 Å². The molecule has 0 aliphatic heterocycles. The number of anilines is 1. The summed E-state index contributed by atoms with van der Waals surface area (Å²) in [7, 11) is 3.08. The summed E-state index contributed by atoms with van der Waals surface area (Å²) in [6.45, 7) is 3.20. The van der Waals surface area contributed by atoms with Gasteiger partial charge in [-0.2, -0.15) is 0 Å². The molecule has 132 valence electrons. The number of benzene rings is 1. The Kier molecular flexibility index (Phi) is 5.53. The van der Waals surface area contributed by atoms with Gasteiger partial charge in [0.25, 0.3) is 0 Å². The molecule has 1 aromatic carbocycles. The molecule has 0 radical (unpaired) electrons. The van der Waals surface area contributed by atoms with Crippen molar-refractivity contribution < 1.29 is 19.1 Å². The minimum Gasteiger partial charge on any atom is -0.493 e. The molecule has 2 aromatic rings. The quantitative estimate of drug-likeness (QED) is 0.809. The lowest BCUT2D eigenvalue weighted by molar-refractivity contribution is -0.111. The second-order valence-corrected chi connectivity index (χ2v) is 5.80. The lowest BCUT2D eigenvalue weighted by Gasteiger charge is -2.24. The normalized spacial score (nSPS) is 10.7. The molecule has 8 heteroatoms. The summed E-state index contributed by atoms with van der Waals surface area (Å²) in [6.07, 6.45) is 1.95. The van der Waals surface area contributed by atoms with Crippen LogP contribution in [-0.2, 0) is 4.79 Å². The highest BCUT2D eigenvalue weighted by Gasteiger charge is 2.23. The van der Waals surface area contributed by atoms with Crippen LogP contribution >= 0.6 is 0 Å². The number of amides is 2.